The van der Waals surface area contributed by atoms with E-state index in [0.29, 0.717) is 30.9 Å². The van der Waals surface area contributed by atoms with Crippen LogP contribution in [0, 0.1) is 5.82 Å². The molecule has 0 saturated heterocycles. The van der Waals surface area contributed by atoms with Crippen LogP contribution < -0.4 is 10.5 Å². The van der Waals surface area contributed by atoms with Crippen LogP contribution in [0.15, 0.2) is 18.2 Å². The van der Waals surface area contributed by atoms with Crippen LogP contribution in [-0.4, -0.2) is 13.2 Å². The Hall–Kier alpha value is -1.09. The summed E-state index contributed by atoms with van der Waals surface area (Å²) < 4.78 is 18.4. The third kappa shape index (κ3) is 2.70. The van der Waals surface area contributed by atoms with E-state index in [-0.39, 0.29) is 5.82 Å². The Morgan fingerprint density at radius 2 is 2.23 bits per heavy atom. The lowest BCUT2D eigenvalue weighted by Crippen LogP contribution is -2.04. The van der Waals surface area contributed by atoms with Crippen LogP contribution in [0.2, 0.25) is 0 Å². The molecule has 0 unspecified atom stereocenters. The summed E-state index contributed by atoms with van der Waals surface area (Å²) in [5, 5.41) is 0. The first-order chi connectivity index (χ1) is 6.27. The maximum Gasteiger partial charge on any atom is 0.130 e. The molecule has 0 aliphatic heterocycles. The second-order valence-corrected chi connectivity index (χ2v) is 2.72. The van der Waals surface area contributed by atoms with E-state index >= 15 is 0 Å². The monoisotopic (exact) mass is 183 g/mol. The highest BCUT2D eigenvalue weighted by atomic mass is 19.1. The number of nitrogens with two attached hydrogens (primary N) is 1. The van der Waals surface area contributed by atoms with Gasteiger partial charge >= 0.3 is 0 Å². The summed E-state index contributed by atoms with van der Waals surface area (Å²) in [4.78, 5) is 0. The average molecular weight is 183 g/mol. The van der Waals surface area contributed by atoms with E-state index in [1.54, 1.807) is 12.1 Å². The van der Waals surface area contributed by atoms with E-state index in [0.717, 1.165) is 0 Å². The van der Waals surface area contributed by atoms with E-state index in [9.17, 15) is 4.39 Å². The molecule has 0 spiro atoms. The maximum atomic E-state index is 13.2. The molecular formula is C10H14FNO. The summed E-state index contributed by atoms with van der Waals surface area (Å²) in [6, 6.07) is 4.87. The normalized spacial score (nSPS) is 10.1. The van der Waals surface area contributed by atoms with Gasteiger partial charge in [-0.1, -0.05) is 6.07 Å². The second kappa shape index (κ2) is 4.82. The molecule has 0 amide bonds. The molecule has 72 valence electrons. The number of hydrogen-bond donors (Lipinski definition) is 1. The summed E-state index contributed by atoms with van der Waals surface area (Å²) in [6.07, 6.45) is 0.568. The molecule has 0 fully saturated rings. The number of hydrogen-bond acceptors (Lipinski definition) is 2. The zero-order chi connectivity index (χ0) is 9.68. The number of halogens is 1. The molecule has 0 saturated carbocycles. The van der Waals surface area contributed by atoms with Gasteiger partial charge in [0.05, 0.1) is 6.61 Å². The Kier molecular flexibility index (Phi) is 3.71. The van der Waals surface area contributed by atoms with Crippen molar-refractivity contribution in [3.8, 4) is 5.75 Å². The zero-order valence-corrected chi connectivity index (χ0v) is 7.72. The molecule has 0 atom stereocenters. The Bertz CT molecular complexity index is 276. The molecule has 0 aliphatic rings. The summed E-state index contributed by atoms with van der Waals surface area (Å²) >= 11 is 0. The van der Waals surface area contributed by atoms with Gasteiger partial charge in [0, 0.05) is 6.07 Å². The van der Waals surface area contributed by atoms with Crippen molar-refractivity contribution < 1.29 is 9.13 Å². The standard InChI is InChI=1S/C10H14FNO/c1-2-13-9-4-3-8(5-6-12)10(11)7-9/h3-4,7H,2,5-6,12H2,1H3. The number of ether oxygens (including phenoxy) is 1. The Labute approximate surface area is 77.5 Å². The van der Waals surface area contributed by atoms with Crippen molar-refractivity contribution in [2.45, 2.75) is 13.3 Å². The Balaban J connectivity index is 2.79. The van der Waals surface area contributed by atoms with Crippen LogP contribution >= 0.6 is 0 Å². The van der Waals surface area contributed by atoms with Crippen molar-refractivity contribution >= 4 is 0 Å². The van der Waals surface area contributed by atoms with Gasteiger partial charge in [-0.25, -0.2) is 4.39 Å². The van der Waals surface area contributed by atoms with Crippen LogP contribution in [0.25, 0.3) is 0 Å². The van der Waals surface area contributed by atoms with Gasteiger partial charge in [-0.05, 0) is 31.5 Å². The molecule has 2 nitrogen and oxygen atoms in total. The average Bonchev–Trinajstić information content (AvgIpc) is 2.10. The predicted molar refractivity (Wildman–Crippen MR) is 50.3 cm³/mol. The minimum atomic E-state index is -0.239. The Morgan fingerprint density at radius 3 is 2.77 bits per heavy atom. The van der Waals surface area contributed by atoms with Gasteiger partial charge in [-0.15, -0.1) is 0 Å². The summed E-state index contributed by atoms with van der Waals surface area (Å²) in [5.74, 6) is 0.331. The van der Waals surface area contributed by atoms with Gasteiger partial charge in [0.25, 0.3) is 0 Å². The summed E-state index contributed by atoms with van der Waals surface area (Å²) in [7, 11) is 0. The van der Waals surface area contributed by atoms with Gasteiger partial charge in [0.15, 0.2) is 0 Å². The molecule has 1 aromatic rings. The third-order valence-electron chi connectivity index (χ3n) is 1.75. The molecule has 0 heterocycles. The van der Waals surface area contributed by atoms with Crippen LogP contribution in [-0.2, 0) is 6.42 Å². The highest BCUT2D eigenvalue weighted by Crippen LogP contribution is 2.16. The largest absolute Gasteiger partial charge is 0.494 e. The summed E-state index contributed by atoms with van der Waals surface area (Å²) in [5.41, 5.74) is 5.97. The van der Waals surface area contributed by atoms with Crippen LogP contribution in [0.3, 0.4) is 0 Å². The van der Waals surface area contributed by atoms with E-state index in [2.05, 4.69) is 0 Å². The second-order valence-electron chi connectivity index (χ2n) is 2.72. The first-order valence-electron chi connectivity index (χ1n) is 4.39. The summed E-state index contributed by atoms with van der Waals surface area (Å²) in [6.45, 7) is 2.88. The van der Waals surface area contributed by atoms with E-state index < -0.39 is 0 Å². The fraction of sp³-hybridized carbons (Fsp3) is 0.400. The molecule has 13 heavy (non-hydrogen) atoms. The van der Waals surface area contributed by atoms with Crippen LogP contribution in [0.1, 0.15) is 12.5 Å². The number of benzene rings is 1. The molecular weight excluding hydrogens is 169 g/mol. The van der Waals surface area contributed by atoms with Crippen molar-refractivity contribution in [3.63, 3.8) is 0 Å². The molecule has 0 aliphatic carbocycles. The molecule has 2 N–H and O–H groups in total. The van der Waals surface area contributed by atoms with Crippen molar-refractivity contribution in [1.82, 2.24) is 0 Å². The highest BCUT2D eigenvalue weighted by Gasteiger charge is 2.02. The maximum absolute atomic E-state index is 13.2. The lowest BCUT2D eigenvalue weighted by molar-refractivity contribution is 0.338. The first kappa shape index (κ1) is 9.99. The molecule has 0 bridgehead atoms. The fourth-order valence-electron chi connectivity index (χ4n) is 1.14. The Morgan fingerprint density at radius 1 is 1.46 bits per heavy atom. The van der Waals surface area contributed by atoms with Gasteiger partial charge < -0.3 is 10.5 Å². The lowest BCUT2D eigenvalue weighted by Gasteiger charge is -2.05. The van der Waals surface area contributed by atoms with Gasteiger partial charge in [0.2, 0.25) is 0 Å². The molecule has 3 heteroatoms. The van der Waals surface area contributed by atoms with Crippen molar-refractivity contribution in [1.29, 1.82) is 0 Å². The predicted octanol–water partition coefficient (Wildman–Crippen LogP) is 1.73. The van der Waals surface area contributed by atoms with E-state index in [1.807, 2.05) is 6.92 Å². The van der Waals surface area contributed by atoms with Gasteiger partial charge in [-0.3, -0.25) is 0 Å². The van der Waals surface area contributed by atoms with Crippen molar-refractivity contribution in [2.75, 3.05) is 13.2 Å². The minimum Gasteiger partial charge on any atom is -0.494 e. The quantitative estimate of drug-likeness (QED) is 0.771. The highest BCUT2D eigenvalue weighted by molar-refractivity contribution is 5.29. The lowest BCUT2D eigenvalue weighted by atomic mass is 10.1. The van der Waals surface area contributed by atoms with Gasteiger partial charge in [-0.2, -0.15) is 0 Å². The van der Waals surface area contributed by atoms with Crippen molar-refractivity contribution in [2.24, 2.45) is 5.73 Å². The van der Waals surface area contributed by atoms with Crippen molar-refractivity contribution in [3.05, 3.63) is 29.6 Å². The smallest absolute Gasteiger partial charge is 0.130 e. The molecule has 1 rings (SSSR count). The first-order valence-corrected chi connectivity index (χ1v) is 4.39. The molecule has 1 aromatic carbocycles. The number of rotatable bonds is 4. The zero-order valence-electron chi connectivity index (χ0n) is 7.72. The third-order valence-corrected chi connectivity index (χ3v) is 1.75. The van der Waals surface area contributed by atoms with Crippen LogP contribution in [0.4, 0.5) is 4.39 Å². The van der Waals surface area contributed by atoms with E-state index in [1.165, 1.54) is 6.07 Å². The van der Waals surface area contributed by atoms with Crippen LogP contribution in [0.5, 0.6) is 5.75 Å². The van der Waals surface area contributed by atoms with Gasteiger partial charge in [0.1, 0.15) is 11.6 Å². The topological polar surface area (TPSA) is 35.2 Å². The molecule has 0 aromatic heterocycles. The van der Waals surface area contributed by atoms with E-state index in [4.69, 9.17) is 10.5 Å². The fourth-order valence-corrected chi connectivity index (χ4v) is 1.14. The minimum absolute atomic E-state index is 0.239. The SMILES string of the molecule is CCOc1ccc(CCN)c(F)c1. The molecule has 0 radical (unpaired) electrons.